The van der Waals surface area contributed by atoms with Crippen LogP contribution < -0.4 is 0 Å². The SMILES string of the molecule is O=C(O)CN1[C@H]2COC[C@H]1C2. The van der Waals surface area contributed by atoms with E-state index in [0.717, 1.165) is 6.42 Å². The van der Waals surface area contributed by atoms with Crippen molar-refractivity contribution in [2.45, 2.75) is 18.5 Å². The van der Waals surface area contributed by atoms with E-state index in [1.807, 2.05) is 4.90 Å². The third kappa shape index (κ3) is 1.12. The first kappa shape index (κ1) is 7.06. The van der Waals surface area contributed by atoms with Gasteiger partial charge in [-0.1, -0.05) is 0 Å². The number of hydrogen-bond donors (Lipinski definition) is 1. The van der Waals surface area contributed by atoms with E-state index in [2.05, 4.69) is 0 Å². The molecule has 4 heteroatoms. The van der Waals surface area contributed by atoms with Gasteiger partial charge in [-0.05, 0) is 6.42 Å². The van der Waals surface area contributed by atoms with Crippen LogP contribution in [-0.4, -0.2) is 47.8 Å². The van der Waals surface area contributed by atoms with Crippen molar-refractivity contribution in [2.75, 3.05) is 19.8 Å². The first-order valence-corrected chi connectivity index (χ1v) is 3.82. The Labute approximate surface area is 64.7 Å². The van der Waals surface area contributed by atoms with Gasteiger partial charge in [-0.2, -0.15) is 0 Å². The molecule has 3 rings (SSSR count). The predicted molar refractivity (Wildman–Crippen MR) is 37.4 cm³/mol. The van der Waals surface area contributed by atoms with E-state index in [-0.39, 0.29) is 6.54 Å². The molecule has 2 atom stereocenters. The molecule has 62 valence electrons. The molecular weight excluding hydrogens is 146 g/mol. The number of ether oxygens (including phenoxy) is 1. The Morgan fingerprint density at radius 1 is 1.55 bits per heavy atom. The lowest BCUT2D eigenvalue weighted by Crippen LogP contribution is -2.64. The summed E-state index contributed by atoms with van der Waals surface area (Å²) < 4.78 is 5.21. The van der Waals surface area contributed by atoms with E-state index in [0.29, 0.717) is 25.3 Å². The molecule has 0 aromatic rings. The fraction of sp³-hybridized carbons (Fsp3) is 0.857. The van der Waals surface area contributed by atoms with Crippen LogP contribution in [0, 0.1) is 0 Å². The smallest absolute Gasteiger partial charge is 0.317 e. The number of aliphatic carboxylic acids is 1. The molecule has 0 radical (unpaired) electrons. The molecule has 2 bridgehead atoms. The Morgan fingerprint density at radius 2 is 2.18 bits per heavy atom. The Balaban J connectivity index is 1.91. The topological polar surface area (TPSA) is 49.8 Å². The summed E-state index contributed by atoms with van der Waals surface area (Å²) >= 11 is 0. The van der Waals surface area contributed by atoms with Crippen LogP contribution in [0.1, 0.15) is 6.42 Å². The molecule has 3 heterocycles. The van der Waals surface area contributed by atoms with Crippen LogP contribution in [-0.2, 0) is 9.53 Å². The third-order valence-corrected chi connectivity index (χ3v) is 2.42. The molecule has 0 aromatic carbocycles. The molecule has 4 nitrogen and oxygen atoms in total. The van der Waals surface area contributed by atoms with Crippen LogP contribution in [0.5, 0.6) is 0 Å². The fourth-order valence-electron chi connectivity index (χ4n) is 1.83. The summed E-state index contributed by atoms with van der Waals surface area (Å²) in [5.74, 6) is -0.735. The van der Waals surface area contributed by atoms with Crippen LogP contribution >= 0.6 is 0 Å². The lowest BCUT2D eigenvalue weighted by atomic mass is 9.91. The zero-order valence-electron chi connectivity index (χ0n) is 6.19. The molecule has 0 spiro atoms. The van der Waals surface area contributed by atoms with Gasteiger partial charge in [0.25, 0.3) is 0 Å². The van der Waals surface area contributed by atoms with E-state index in [9.17, 15) is 4.79 Å². The Morgan fingerprint density at radius 3 is 2.64 bits per heavy atom. The minimum Gasteiger partial charge on any atom is -0.480 e. The number of morpholine rings is 1. The van der Waals surface area contributed by atoms with Crippen LogP contribution in [0.4, 0.5) is 0 Å². The zero-order chi connectivity index (χ0) is 7.84. The first-order chi connectivity index (χ1) is 5.27. The minimum absolute atomic E-state index is 0.179. The number of hydrogen-bond acceptors (Lipinski definition) is 3. The van der Waals surface area contributed by atoms with E-state index >= 15 is 0 Å². The second-order valence-electron chi connectivity index (χ2n) is 3.15. The van der Waals surface area contributed by atoms with Crippen molar-refractivity contribution in [2.24, 2.45) is 0 Å². The summed E-state index contributed by atoms with van der Waals surface area (Å²) in [6, 6.07) is 0.759. The summed E-state index contributed by atoms with van der Waals surface area (Å²) in [5.41, 5.74) is 0. The number of carbonyl (C=O) groups is 1. The average molecular weight is 157 g/mol. The van der Waals surface area contributed by atoms with Crippen LogP contribution in [0.2, 0.25) is 0 Å². The maximum atomic E-state index is 10.4. The molecule has 0 aromatic heterocycles. The van der Waals surface area contributed by atoms with Gasteiger partial charge < -0.3 is 9.84 Å². The number of carboxylic acid groups (broad SMARTS) is 1. The highest BCUT2D eigenvalue weighted by molar-refractivity contribution is 5.69. The molecule has 0 aliphatic carbocycles. The van der Waals surface area contributed by atoms with Gasteiger partial charge in [0.15, 0.2) is 0 Å². The highest BCUT2D eigenvalue weighted by Crippen LogP contribution is 2.29. The maximum Gasteiger partial charge on any atom is 0.317 e. The van der Waals surface area contributed by atoms with Gasteiger partial charge in [0.05, 0.1) is 19.8 Å². The van der Waals surface area contributed by atoms with Crippen molar-refractivity contribution in [3.63, 3.8) is 0 Å². The molecule has 3 aliphatic rings. The number of rotatable bonds is 2. The van der Waals surface area contributed by atoms with E-state index in [1.165, 1.54) is 0 Å². The summed E-state index contributed by atoms with van der Waals surface area (Å²) in [6.07, 6.45) is 1.12. The lowest BCUT2D eigenvalue weighted by molar-refractivity contribution is -0.156. The number of carboxylic acids is 1. The molecule has 11 heavy (non-hydrogen) atoms. The van der Waals surface area contributed by atoms with Crippen molar-refractivity contribution < 1.29 is 14.6 Å². The number of nitrogens with zero attached hydrogens (tertiary/aromatic N) is 1. The molecule has 0 saturated carbocycles. The van der Waals surface area contributed by atoms with E-state index in [1.54, 1.807) is 0 Å². The highest BCUT2D eigenvalue weighted by Gasteiger charge is 2.42. The van der Waals surface area contributed by atoms with E-state index < -0.39 is 5.97 Å². The molecule has 3 aliphatic heterocycles. The summed E-state index contributed by atoms with van der Waals surface area (Å²) in [7, 11) is 0. The van der Waals surface area contributed by atoms with Crippen molar-refractivity contribution in [1.82, 2.24) is 4.90 Å². The van der Waals surface area contributed by atoms with Crippen LogP contribution in [0.25, 0.3) is 0 Å². The molecule has 0 unspecified atom stereocenters. The van der Waals surface area contributed by atoms with Crippen molar-refractivity contribution in [3.8, 4) is 0 Å². The number of fused-ring (bicyclic) bond motifs is 2. The summed E-state index contributed by atoms with van der Waals surface area (Å²) in [6.45, 7) is 1.60. The van der Waals surface area contributed by atoms with Gasteiger partial charge in [-0.25, -0.2) is 0 Å². The minimum atomic E-state index is -0.735. The van der Waals surface area contributed by atoms with Crippen LogP contribution in [0.3, 0.4) is 0 Å². The summed E-state index contributed by atoms with van der Waals surface area (Å²) in [5, 5.41) is 8.52. The van der Waals surface area contributed by atoms with Gasteiger partial charge in [-0.15, -0.1) is 0 Å². The Kier molecular flexibility index (Phi) is 1.58. The molecule has 3 fully saturated rings. The quantitative estimate of drug-likeness (QED) is 0.589. The second kappa shape index (κ2) is 2.46. The normalized spacial score (nSPS) is 36.4. The molecule has 0 amide bonds. The standard InChI is InChI=1S/C7H11NO3/c9-7(10)2-8-5-1-6(8)4-11-3-5/h5-6H,1-4H2,(H,9,10)/t5-,6-/m1/s1. The van der Waals surface area contributed by atoms with Gasteiger partial charge in [0, 0.05) is 12.1 Å². The van der Waals surface area contributed by atoms with Crippen molar-refractivity contribution >= 4 is 5.97 Å². The fourth-order valence-corrected chi connectivity index (χ4v) is 1.83. The molecule has 1 N–H and O–H groups in total. The Bertz CT molecular complexity index is 169. The van der Waals surface area contributed by atoms with Gasteiger partial charge >= 0.3 is 5.97 Å². The third-order valence-electron chi connectivity index (χ3n) is 2.42. The molecular formula is C7H11NO3. The van der Waals surface area contributed by atoms with Gasteiger partial charge in [-0.3, -0.25) is 9.69 Å². The van der Waals surface area contributed by atoms with E-state index in [4.69, 9.17) is 9.84 Å². The largest absolute Gasteiger partial charge is 0.480 e. The molecule has 3 saturated heterocycles. The zero-order valence-corrected chi connectivity index (χ0v) is 6.19. The second-order valence-corrected chi connectivity index (χ2v) is 3.15. The van der Waals surface area contributed by atoms with Crippen molar-refractivity contribution in [1.29, 1.82) is 0 Å². The van der Waals surface area contributed by atoms with Gasteiger partial charge in [0.2, 0.25) is 0 Å². The van der Waals surface area contributed by atoms with Gasteiger partial charge in [0.1, 0.15) is 0 Å². The monoisotopic (exact) mass is 157 g/mol. The average Bonchev–Trinajstić information content (AvgIpc) is 2.01. The Hall–Kier alpha value is -0.610. The summed E-state index contributed by atoms with van der Waals surface area (Å²) in [4.78, 5) is 12.4. The predicted octanol–water partition coefficient (Wildman–Crippen LogP) is -0.456. The highest BCUT2D eigenvalue weighted by atomic mass is 16.5. The lowest BCUT2D eigenvalue weighted by Gasteiger charge is -2.51. The first-order valence-electron chi connectivity index (χ1n) is 3.82. The van der Waals surface area contributed by atoms with Crippen molar-refractivity contribution in [3.05, 3.63) is 0 Å². The maximum absolute atomic E-state index is 10.4. The van der Waals surface area contributed by atoms with Crippen LogP contribution in [0.15, 0.2) is 0 Å².